The molecule has 1 aliphatic heterocycles. The van der Waals surface area contributed by atoms with Gasteiger partial charge in [0.05, 0.1) is 42.4 Å². The number of hydrogen-bond donors (Lipinski definition) is 1. The highest BCUT2D eigenvalue weighted by atomic mass is 35.5. The van der Waals surface area contributed by atoms with Crippen LogP contribution in [0.4, 0.5) is 0 Å². The molecule has 2 heterocycles. The Balaban J connectivity index is 1.65. The molecule has 19 heavy (non-hydrogen) atoms. The molecule has 108 valence electrons. The van der Waals surface area contributed by atoms with Crippen LogP contribution in [0.1, 0.15) is 23.5 Å². The first-order valence-electron chi connectivity index (χ1n) is 6.75. The minimum absolute atomic E-state index is 0.177. The fourth-order valence-corrected chi connectivity index (χ4v) is 3.34. The molecule has 0 saturated carbocycles. The molecule has 0 aromatic carbocycles. The number of thiazole rings is 1. The summed E-state index contributed by atoms with van der Waals surface area (Å²) in [7, 11) is 0. The van der Waals surface area contributed by atoms with E-state index in [1.807, 2.05) is 5.38 Å². The molecular formula is C13H21ClN2O2S. The van der Waals surface area contributed by atoms with Crippen molar-refractivity contribution in [2.24, 2.45) is 0 Å². The number of halogens is 1. The lowest BCUT2D eigenvalue weighted by molar-refractivity contribution is -0.0277. The third kappa shape index (κ3) is 4.68. The average Bonchev–Trinajstić information content (AvgIpc) is 2.92. The summed E-state index contributed by atoms with van der Waals surface area (Å²) in [6, 6.07) is 0.177. The number of alkyl halides is 1. The summed E-state index contributed by atoms with van der Waals surface area (Å²) in [6.07, 6.45) is 3.28. The van der Waals surface area contributed by atoms with Gasteiger partial charge in [-0.15, -0.1) is 22.9 Å². The quantitative estimate of drug-likeness (QED) is 0.617. The minimum atomic E-state index is 0.177. The van der Waals surface area contributed by atoms with Crippen LogP contribution in [-0.4, -0.2) is 53.9 Å². The smallest absolute Gasteiger partial charge is 0.0928 e. The molecule has 1 N–H and O–H groups in total. The fraction of sp³-hybridized carbons (Fsp3) is 0.769. The van der Waals surface area contributed by atoms with Crippen molar-refractivity contribution in [3.63, 3.8) is 0 Å². The summed E-state index contributed by atoms with van der Waals surface area (Å²) < 4.78 is 5.37. The first-order chi connectivity index (χ1) is 9.33. The maximum atomic E-state index is 9.28. The van der Waals surface area contributed by atoms with Gasteiger partial charge in [-0.1, -0.05) is 0 Å². The van der Waals surface area contributed by atoms with Crippen molar-refractivity contribution in [1.82, 2.24) is 9.88 Å². The average molecular weight is 305 g/mol. The predicted octanol–water partition coefficient (Wildman–Crippen LogP) is 1.90. The lowest BCUT2D eigenvalue weighted by Gasteiger charge is -2.34. The van der Waals surface area contributed by atoms with E-state index in [4.69, 9.17) is 16.3 Å². The SMILES string of the molecule is OCC1COCCN1CCCCc1nc(CCl)cs1. The number of rotatable bonds is 7. The van der Waals surface area contributed by atoms with E-state index < -0.39 is 0 Å². The fourth-order valence-electron chi connectivity index (χ4n) is 2.27. The molecule has 1 aromatic heterocycles. The monoisotopic (exact) mass is 304 g/mol. The molecule has 1 aromatic rings. The molecular weight excluding hydrogens is 284 g/mol. The van der Waals surface area contributed by atoms with Crippen molar-refractivity contribution in [3.05, 3.63) is 16.1 Å². The zero-order chi connectivity index (χ0) is 13.5. The highest BCUT2D eigenvalue weighted by Gasteiger charge is 2.21. The second-order valence-electron chi connectivity index (χ2n) is 4.77. The first-order valence-corrected chi connectivity index (χ1v) is 8.16. The summed E-state index contributed by atoms with van der Waals surface area (Å²) in [6.45, 7) is 3.58. The van der Waals surface area contributed by atoms with Crippen LogP contribution in [0.3, 0.4) is 0 Å². The Morgan fingerprint density at radius 2 is 2.42 bits per heavy atom. The van der Waals surface area contributed by atoms with Crippen LogP contribution in [0.5, 0.6) is 0 Å². The number of aliphatic hydroxyl groups excluding tert-OH is 1. The van der Waals surface area contributed by atoms with Crippen molar-refractivity contribution in [2.75, 3.05) is 32.9 Å². The van der Waals surface area contributed by atoms with E-state index in [0.717, 1.165) is 44.7 Å². The lowest BCUT2D eigenvalue weighted by Crippen LogP contribution is -2.47. The summed E-state index contributed by atoms with van der Waals surface area (Å²) in [4.78, 5) is 6.79. The highest BCUT2D eigenvalue weighted by molar-refractivity contribution is 7.09. The van der Waals surface area contributed by atoms with Crippen LogP contribution in [0.25, 0.3) is 0 Å². The van der Waals surface area contributed by atoms with Gasteiger partial charge in [-0.3, -0.25) is 4.90 Å². The summed E-state index contributed by atoms with van der Waals surface area (Å²) in [5.41, 5.74) is 0.982. The van der Waals surface area contributed by atoms with Gasteiger partial charge in [-0.25, -0.2) is 4.98 Å². The Kier molecular flexibility index (Phi) is 6.53. The Morgan fingerprint density at radius 3 is 3.16 bits per heavy atom. The number of morpholine rings is 1. The third-order valence-electron chi connectivity index (χ3n) is 3.38. The minimum Gasteiger partial charge on any atom is -0.395 e. The van der Waals surface area contributed by atoms with Gasteiger partial charge in [0.15, 0.2) is 0 Å². The van der Waals surface area contributed by atoms with Gasteiger partial charge in [-0.05, 0) is 25.8 Å². The van der Waals surface area contributed by atoms with Gasteiger partial charge in [0.1, 0.15) is 0 Å². The van der Waals surface area contributed by atoms with Crippen LogP contribution in [0, 0.1) is 0 Å². The van der Waals surface area contributed by atoms with E-state index >= 15 is 0 Å². The standard InChI is InChI=1S/C13H21ClN2O2S/c14-7-11-10-19-13(15-11)3-1-2-4-16-5-6-18-9-12(16)8-17/h10,12,17H,1-9H2. The van der Waals surface area contributed by atoms with E-state index in [-0.39, 0.29) is 12.6 Å². The van der Waals surface area contributed by atoms with Crippen molar-refractivity contribution in [2.45, 2.75) is 31.2 Å². The predicted molar refractivity (Wildman–Crippen MR) is 77.9 cm³/mol. The summed E-state index contributed by atoms with van der Waals surface area (Å²) >= 11 is 7.43. The van der Waals surface area contributed by atoms with Gasteiger partial charge in [-0.2, -0.15) is 0 Å². The van der Waals surface area contributed by atoms with Crippen molar-refractivity contribution in [3.8, 4) is 0 Å². The Bertz CT molecular complexity index is 375. The van der Waals surface area contributed by atoms with Crippen LogP contribution in [0.15, 0.2) is 5.38 Å². The van der Waals surface area contributed by atoms with Crippen LogP contribution < -0.4 is 0 Å². The maximum absolute atomic E-state index is 9.28. The molecule has 2 rings (SSSR count). The largest absolute Gasteiger partial charge is 0.395 e. The van der Waals surface area contributed by atoms with Crippen LogP contribution in [0.2, 0.25) is 0 Å². The highest BCUT2D eigenvalue weighted by Crippen LogP contribution is 2.15. The van der Waals surface area contributed by atoms with Crippen LogP contribution >= 0.6 is 22.9 Å². The topological polar surface area (TPSA) is 45.6 Å². The third-order valence-corrected chi connectivity index (χ3v) is 4.61. The first kappa shape index (κ1) is 15.2. The molecule has 1 atom stereocenters. The van der Waals surface area contributed by atoms with E-state index in [9.17, 15) is 5.11 Å². The molecule has 0 amide bonds. The number of hydrogen-bond acceptors (Lipinski definition) is 5. The number of nitrogens with zero attached hydrogens (tertiary/aromatic N) is 2. The van der Waals surface area contributed by atoms with E-state index in [1.54, 1.807) is 11.3 Å². The number of aromatic nitrogens is 1. The van der Waals surface area contributed by atoms with Gasteiger partial charge >= 0.3 is 0 Å². The number of aryl methyl sites for hydroxylation is 1. The van der Waals surface area contributed by atoms with Crippen molar-refractivity contribution in [1.29, 1.82) is 0 Å². The van der Waals surface area contributed by atoms with E-state index in [2.05, 4.69) is 9.88 Å². The molecule has 6 heteroatoms. The zero-order valence-electron chi connectivity index (χ0n) is 11.1. The molecule has 0 spiro atoms. The zero-order valence-corrected chi connectivity index (χ0v) is 12.6. The Hall–Kier alpha value is -0.200. The lowest BCUT2D eigenvalue weighted by atomic mass is 10.2. The number of unbranched alkanes of at least 4 members (excludes halogenated alkanes) is 1. The van der Waals surface area contributed by atoms with Gasteiger partial charge in [0.25, 0.3) is 0 Å². The molecule has 1 saturated heterocycles. The Labute approximate surface area is 123 Å². The molecule has 1 unspecified atom stereocenters. The summed E-state index contributed by atoms with van der Waals surface area (Å²) in [5.74, 6) is 0.502. The molecule has 1 fully saturated rings. The van der Waals surface area contributed by atoms with Crippen LogP contribution in [-0.2, 0) is 17.0 Å². The van der Waals surface area contributed by atoms with Gasteiger partial charge in [0.2, 0.25) is 0 Å². The van der Waals surface area contributed by atoms with E-state index in [1.165, 1.54) is 5.01 Å². The Morgan fingerprint density at radius 1 is 1.53 bits per heavy atom. The maximum Gasteiger partial charge on any atom is 0.0928 e. The second kappa shape index (κ2) is 8.17. The second-order valence-corrected chi connectivity index (χ2v) is 5.98. The molecule has 4 nitrogen and oxygen atoms in total. The number of aliphatic hydroxyl groups is 1. The number of ether oxygens (including phenoxy) is 1. The normalized spacial score (nSPS) is 20.8. The molecule has 1 aliphatic rings. The molecule has 0 radical (unpaired) electrons. The van der Waals surface area contributed by atoms with Gasteiger partial charge < -0.3 is 9.84 Å². The van der Waals surface area contributed by atoms with Crippen molar-refractivity contribution < 1.29 is 9.84 Å². The van der Waals surface area contributed by atoms with Gasteiger partial charge in [0, 0.05) is 11.9 Å². The van der Waals surface area contributed by atoms with E-state index in [0.29, 0.717) is 12.5 Å². The molecule has 0 aliphatic carbocycles. The van der Waals surface area contributed by atoms with Crippen molar-refractivity contribution >= 4 is 22.9 Å². The molecule has 0 bridgehead atoms. The summed E-state index contributed by atoms with van der Waals surface area (Å²) in [5, 5.41) is 12.5.